The van der Waals surface area contributed by atoms with Crippen LogP contribution in [0.5, 0.6) is 0 Å². The smallest absolute Gasteiger partial charge is 0.226 e. The van der Waals surface area contributed by atoms with Gasteiger partial charge in [-0.15, -0.1) is 0 Å². The van der Waals surface area contributed by atoms with Gasteiger partial charge in [-0.2, -0.15) is 4.98 Å². The Labute approximate surface area is 72.1 Å². The Morgan fingerprint density at radius 3 is 2.83 bits per heavy atom. The fourth-order valence-corrected chi connectivity index (χ4v) is 0.898. The van der Waals surface area contributed by atoms with Gasteiger partial charge < -0.3 is 10.3 Å². The maximum Gasteiger partial charge on any atom is 0.226 e. The molecule has 0 radical (unpaired) electrons. The fourth-order valence-electron chi connectivity index (χ4n) is 0.898. The van der Waals surface area contributed by atoms with Crippen LogP contribution in [0.25, 0.3) is 0 Å². The van der Waals surface area contributed by atoms with Crippen LogP contribution in [0.4, 0.5) is 0 Å². The molecule has 1 atom stereocenters. The molecule has 0 fully saturated rings. The van der Waals surface area contributed by atoms with Gasteiger partial charge in [0, 0.05) is 12.8 Å². The Morgan fingerprint density at radius 2 is 2.33 bits per heavy atom. The molecular weight excluding hydrogens is 154 g/mol. The van der Waals surface area contributed by atoms with Crippen molar-refractivity contribution in [2.75, 3.05) is 6.54 Å². The van der Waals surface area contributed by atoms with E-state index in [1.165, 1.54) is 0 Å². The van der Waals surface area contributed by atoms with Crippen LogP contribution in [-0.4, -0.2) is 16.7 Å². The summed E-state index contributed by atoms with van der Waals surface area (Å²) in [6.45, 7) is 4.72. The number of hydrogen-bond acceptors (Lipinski definition) is 4. The van der Waals surface area contributed by atoms with Gasteiger partial charge in [-0.1, -0.05) is 19.0 Å². The van der Waals surface area contributed by atoms with Crippen LogP contribution in [0.15, 0.2) is 4.52 Å². The average molecular weight is 169 g/mol. The first-order valence-electron chi connectivity index (χ1n) is 4.27. The van der Waals surface area contributed by atoms with Crippen LogP contribution in [0.3, 0.4) is 0 Å². The number of nitrogens with two attached hydrogens (primary N) is 1. The molecule has 0 aromatic carbocycles. The zero-order valence-electron chi connectivity index (χ0n) is 7.58. The molecule has 0 bridgehead atoms. The topological polar surface area (TPSA) is 64.9 Å². The molecule has 0 saturated carbocycles. The monoisotopic (exact) mass is 169 g/mol. The number of rotatable bonds is 4. The van der Waals surface area contributed by atoms with Crippen molar-refractivity contribution in [2.24, 2.45) is 11.7 Å². The summed E-state index contributed by atoms with van der Waals surface area (Å²) in [4.78, 5) is 4.18. The van der Waals surface area contributed by atoms with E-state index in [2.05, 4.69) is 17.1 Å². The third-order valence-corrected chi connectivity index (χ3v) is 1.75. The molecule has 1 unspecified atom stereocenters. The number of nitrogens with zero attached hydrogens (tertiary/aromatic N) is 2. The molecule has 0 aliphatic rings. The lowest BCUT2D eigenvalue weighted by molar-refractivity contribution is 0.355. The lowest BCUT2D eigenvalue weighted by Gasteiger charge is -2.01. The molecule has 2 N–H and O–H groups in total. The highest BCUT2D eigenvalue weighted by atomic mass is 16.5. The molecule has 4 nitrogen and oxygen atoms in total. The van der Waals surface area contributed by atoms with Crippen LogP contribution in [-0.2, 0) is 12.8 Å². The summed E-state index contributed by atoms with van der Waals surface area (Å²) in [5.74, 6) is 1.88. The van der Waals surface area contributed by atoms with Gasteiger partial charge in [0.2, 0.25) is 5.89 Å². The van der Waals surface area contributed by atoms with E-state index in [0.717, 1.165) is 18.7 Å². The molecule has 1 heterocycles. The van der Waals surface area contributed by atoms with Crippen LogP contribution in [0.2, 0.25) is 0 Å². The lowest BCUT2D eigenvalue weighted by atomic mass is 10.1. The Morgan fingerprint density at radius 1 is 1.58 bits per heavy atom. The van der Waals surface area contributed by atoms with Crippen molar-refractivity contribution in [1.82, 2.24) is 10.1 Å². The lowest BCUT2D eigenvalue weighted by Crippen LogP contribution is -2.13. The quantitative estimate of drug-likeness (QED) is 0.723. The fraction of sp³-hybridized carbons (Fsp3) is 0.750. The number of hydrogen-bond donors (Lipinski definition) is 1. The van der Waals surface area contributed by atoms with Gasteiger partial charge in [0.1, 0.15) is 0 Å². The van der Waals surface area contributed by atoms with E-state index in [0.29, 0.717) is 18.4 Å². The third kappa shape index (κ3) is 2.30. The number of aryl methyl sites for hydroxylation is 1. The molecule has 0 spiro atoms. The highest BCUT2D eigenvalue weighted by Crippen LogP contribution is 2.05. The summed E-state index contributed by atoms with van der Waals surface area (Å²) in [5, 5.41) is 3.80. The maximum absolute atomic E-state index is 5.47. The van der Waals surface area contributed by atoms with Crippen molar-refractivity contribution in [3.8, 4) is 0 Å². The van der Waals surface area contributed by atoms with Crippen molar-refractivity contribution >= 4 is 0 Å². The van der Waals surface area contributed by atoms with Gasteiger partial charge in [0.05, 0.1) is 0 Å². The molecule has 0 saturated heterocycles. The van der Waals surface area contributed by atoms with Gasteiger partial charge >= 0.3 is 0 Å². The second kappa shape index (κ2) is 4.21. The summed E-state index contributed by atoms with van der Waals surface area (Å²) < 4.78 is 5.01. The molecule has 12 heavy (non-hydrogen) atoms. The molecule has 1 aromatic rings. The summed E-state index contributed by atoms with van der Waals surface area (Å²) in [6, 6.07) is 0. The summed E-state index contributed by atoms with van der Waals surface area (Å²) >= 11 is 0. The van der Waals surface area contributed by atoms with Gasteiger partial charge in [-0.3, -0.25) is 0 Å². The highest BCUT2D eigenvalue weighted by molar-refractivity contribution is 4.86. The van der Waals surface area contributed by atoms with E-state index in [1.807, 2.05) is 6.92 Å². The Kier molecular flexibility index (Phi) is 3.22. The first-order valence-corrected chi connectivity index (χ1v) is 4.27. The molecular formula is C8H15N3O. The standard InChI is InChI=1S/C8H15N3O/c1-3-7-10-8(12-11-7)4-6(2)5-9/h6H,3-5,9H2,1-2H3. The van der Waals surface area contributed by atoms with Gasteiger partial charge in [-0.05, 0) is 12.5 Å². The molecule has 68 valence electrons. The summed E-state index contributed by atoms with van der Waals surface area (Å²) in [5.41, 5.74) is 5.47. The first-order chi connectivity index (χ1) is 5.76. The van der Waals surface area contributed by atoms with Crippen LogP contribution < -0.4 is 5.73 Å². The van der Waals surface area contributed by atoms with Crippen molar-refractivity contribution in [3.63, 3.8) is 0 Å². The van der Waals surface area contributed by atoms with E-state index in [4.69, 9.17) is 10.3 Å². The zero-order valence-corrected chi connectivity index (χ0v) is 7.58. The molecule has 1 aromatic heterocycles. The van der Waals surface area contributed by atoms with E-state index in [1.54, 1.807) is 0 Å². The minimum atomic E-state index is 0.412. The first kappa shape index (κ1) is 9.19. The van der Waals surface area contributed by atoms with Crippen LogP contribution in [0.1, 0.15) is 25.6 Å². The van der Waals surface area contributed by atoms with Gasteiger partial charge in [0.25, 0.3) is 0 Å². The van der Waals surface area contributed by atoms with E-state index >= 15 is 0 Å². The zero-order chi connectivity index (χ0) is 8.97. The molecule has 4 heteroatoms. The predicted molar refractivity (Wildman–Crippen MR) is 45.6 cm³/mol. The average Bonchev–Trinajstić information content (AvgIpc) is 2.52. The highest BCUT2D eigenvalue weighted by Gasteiger charge is 2.08. The molecule has 0 aliphatic carbocycles. The second-order valence-corrected chi connectivity index (χ2v) is 3.00. The van der Waals surface area contributed by atoms with E-state index in [-0.39, 0.29) is 0 Å². The number of aromatic nitrogens is 2. The van der Waals surface area contributed by atoms with Crippen molar-refractivity contribution in [2.45, 2.75) is 26.7 Å². The normalized spacial score (nSPS) is 13.2. The van der Waals surface area contributed by atoms with E-state index in [9.17, 15) is 0 Å². The predicted octanol–water partition coefficient (Wildman–Crippen LogP) is 0.769. The Balaban J connectivity index is 2.52. The third-order valence-electron chi connectivity index (χ3n) is 1.75. The van der Waals surface area contributed by atoms with Gasteiger partial charge in [0.15, 0.2) is 5.82 Å². The minimum Gasteiger partial charge on any atom is -0.339 e. The largest absolute Gasteiger partial charge is 0.339 e. The van der Waals surface area contributed by atoms with Crippen molar-refractivity contribution in [1.29, 1.82) is 0 Å². The molecule has 0 aliphatic heterocycles. The second-order valence-electron chi connectivity index (χ2n) is 3.00. The Bertz CT molecular complexity index is 234. The minimum absolute atomic E-state index is 0.412. The summed E-state index contributed by atoms with van der Waals surface area (Å²) in [6.07, 6.45) is 1.60. The summed E-state index contributed by atoms with van der Waals surface area (Å²) in [7, 11) is 0. The molecule has 0 amide bonds. The van der Waals surface area contributed by atoms with Crippen LogP contribution in [0, 0.1) is 5.92 Å². The van der Waals surface area contributed by atoms with Crippen LogP contribution >= 0.6 is 0 Å². The SMILES string of the molecule is CCc1noc(CC(C)CN)n1. The van der Waals surface area contributed by atoms with E-state index < -0.39 is 0 Å². The Hall–Kier alpha value is -0.900. The van der Waals surface area contributed by atoms with Crippen molar-refractivity contribution < 1.29 is 4.52 Å². The van der Waals surface area contributed by atoms with Gasteiger partial charge in [-0.25, -0.2) is 0 Å². The molecule has 1 rings (SSSR count). The van der Waals surface area contributed by atoms with Crippen molar-refractivity contribution in [3.05, 3.63) is 11.7 Å². The maximum atomic E-state index is 5.47.